The standard InChI is InChI=1S/C32H26N6S/c1-20-10-11-30(39-20)25-8-5-9-28-26(25)14-29(36-28)31-27-13-24(19-35-32(27)38-37-31)23-12-22(17-34-18-23)16-33-15-21-6-3-2-4-7-21/h2-14,17-19,33,36H,15-16H2,1H3,(H,35,37,38). The predicted molar refractivity (Wildman–Crippen MR) is 159 cm³/mol. The molecule has 0 amide bonds. The number of thiophene rings is 1. The lowest BCUT2D eigenvalue weighted by atomic mass is 10.1. The van der Waals surface area contributed by atoms with Crippen LogP contribution >= 0.6 is 11.3 Å². The Balaban J connectivity index is 1.20. The van der Waals surface area contributed by atoms with Gasteiger partial charge in [0.05, 0.1) is 5.69 Å². The summed E-state index contributed by atoms with van der Waals surface area (Å²) in [5.74, 6) is 0. The van der Waals surface area contributed by atoms with Gasteiger partial charge < -0.3 is 10.3 Å². The first-order chi connectivity index (χ1) is 19.2. The SMILES string of the molecule is Cc1ccc(-c2cccc3[nH]c(-c4n[nH]c5ncc(-c6cncc(CNCc7ccccc7)c6)cc45)cc23)s1. The fraction of sp³-hybridized carbons (Fsp3) is 0.0938. The number of hydrogen-bond acceptors (Lipinski definition) is 5. The van der Waals surface area contributed by atoms with Gasteiger partial charge in [0.1, 0.15) is 5.69 Å². The number of aromatic nitrogens is 5. The van der Waals surface area contributed by atoms with Crippen molar-refractivity contribution in [2.45, 2.75) is 20.0 Å². The Bertz CT molecular complexity index is 1910. The molecule has 0 unspecified atom stereocenters. The summed E-state index contributed by atoms with van der Waals surface area (Å²) in [5, 5.41) is 13.4. The van der Waals surface area contributed by atoms with Crippen molar-refractivity contribution in [3.8, 4) is 33.0 Å². The number of aromatic amines is 2. The van der Waals surface area contributed by atoms with Crippen molar-refractivity contribution in [1.29, 1.82) is 0 Å². The van der Waals surface area contributed by atoms with Crippen LogP contribution in [0.3, 0.4) is 0 Å². The first-order valence-corrected chi connectivity index (χ1v) is 13.7. The molecule has 7 aromatic rings. The number of H-pyrrole nitrogens is 2. The van der Waals surface area contributed by atoms with Crippen LogP contribution in [0.2, 0.25) is 0 Å². The zero-order valence-corrected chi connectivity index (χ0v) is 22.2. The van der Waals surface area contributed by atoms with Crippen molar-refractivity contribution in [3.05, 3.63) is 113 Å². The normalized spacial score (nSPS) is 11.5. The highest BCUT2D eigenvalue weighted by Crippen LogP contribution is 2.37. The molecule has 0 aliphatic heterocycles. The number of hydrogen-bond donors (Lipinski definition) is 3. The molecule has 0 saturated heterocycles. The number of pyridine rings is 2. The first-order valence-electron chi connectivity index (χ1n) is 12.9. The monoisotopic (exact) mass is 526 g/mol. The van der Waals surface area contributed by atoms with Crippen LogP contribution < -0.4 is 5.32 Å². The van der Waals surface area contributed by atoms with Crippen molar-refractivity contribution in [2.24, 2.45) is 0 Å². The van der Waals surface area contributed by atoms with E-state index in [1.807, 2.05) is 36.0 Å². The van der Waals surface area contributed by atoms with E-state index in [-0.39, 0.29) is 0 Å². The second-order valence-electron chi connectivity index (χ2n) is 9.72. The maximum atomic E-state index is 4.68. The Hall–Kier alpha value is -4.59. The van der Waals surface area contributed by atoms with Crippen molar-refractivity contribution < 1.29 is 0 Å². The van der Waals surface area contributed by atoms with E-state index < -0.39 is 0 Å². The molecule has 5 aromatic heterocycles. The molecule has 5 heterocycles. The first kappa shape index (κ1) is 23.5. The van der Waals surface area contributed by atoms with Crippen LogP contribution in [0, 0.1) is 6.92 Å². The molecule has 7 heteroatoms. The molecule has 39 heavy (non-hydrogen) atoms. The molecule has 0 radical (unpaired) electrons. The third-order valence-electron chi connectivity index (χ3n) is 6.97. The quantitative estimate of drug-likeness (QED) is 0.201. The van der Waals surface area contributed by atoms with E-state index in [2.05, 4.69) is 110 Å². The van der Waals surface area contributed by atoms with Crippen molar-refractivity contribution >= 4 is 33.3 Å². The minimum atomic E-state index is 0.740. The van der Waals surface area contributed by atoms with Gasteiger partial charge in [0.2, 0.25) is 0 Å². The zero-order chi connectivity index (χ0) is 26.2. The lowest BCUT2D eigenvalue weighted by Gasteiger charge is -2.07. The van der Waals surface area contributed by atoms with Gasteiger partial charge in [-0.3, -0.25) is 10.1 Å². The van der Waals surface area contributed by atoms with Gasteiger partial charge in [0.25, 0.3) is 0 Å². The summed E-state index contributed by atoms with van der Waals surface area (Å²) in [7, 11) is 0. The number of rotatable bonds is 7. The Morgan fingerprint density at radius 3 is 2.54 bits per heavy atom. The number of nitrogens with one attached hydrogen (secondary N) is 3. The van der Waals surface area contributed by atoms with E-state index in [0.717, 1.165) is 57.7 Å². The Morgan fingerprint density at radius 1 is 0.795 bits per heavy atom. The highest BCUT2D eigenvalue weighted by atomic mass is 32.1. The summed E-state index contributed by atoms with van der Waals surface area (Å²) in [4.78, 5) is 15.4. The van der Waals surface area contributed by atoms with Crippen molar-refractivity contribution in [2.75, 3.05) is 0 Å². The highest BCUT2D eigenvalue weighted by molar-refractivity contribution is 7.15. The second-order valence-corrected chi connectivity index (χ2v) is 11.0. The van der Waals surface area contributed by atoms with E-state index in [1.54, 1.807) is 0 Å². The third-order valence-corrected chi connectivity index (χ3v) is 8.00. The fourth-order valence-electron chi connectivity index (χ4n) is 5.03. The molecule has 6 nitrogen and oxygen atoms in total. The van der Waals surface area contributed by atoms with Crippen molar-refractivity contribution in [3.63, 3.8) is 0 Å². The maximum Gasteiger partial charge on any atom is 0.155 e. The van der Waals surface area contributed by atoms with Gasteiger partial charge in [-0.2, -0.15) is 5.10 Å². The minimum absolute atomic E-state index is 0.740. The van der Waals surface area contributed by atoms with Crippen LogP contribution in [-0.4, -0.2) is 25.1 Å². The number of aryl methyl sites for hydroxylation is 1. The van der Waals surface area contributed by atoms with E-state index in [0.29, 0.717) is 0 Å². The molecule has 0 bridgehead atoms. The second kappa shape index (κ2) is 9.94. The summed E-state index contributed by atoms with van der Waals surface area (Å²) >= 11 is 1.81. The van der Waals surface area contributed by atoms with Gasteiger partial charge >= 0.3 is 0 Å². The summed E-state index contributed by atoms with van der Waals surface area (Å²) < 4.78 is 0. The van der Waals surface area contributed by atoms with Crippen LogP contribution in [0.1, 0.15) is 16.0 Å². The lowest BCUT2D eigenvalue weighted by Crippen LogP contribution is -2.12. The summed E-state index contributed by atoms with van der Waals surface area (Å²) in [6.07, 6.45) is 5.68. The lowest BCUT2D eigenvalue weighted by molar-refractivity contribution is 0.691. The van der Waals surface area contributed by atoms with Crippen molar-refractivity contribution in [1.82, 2.24) is 30.5 Å². The summed E-state index contributed by atoms with van der Waals surface area (Å²) in [5.41, 5.74) is 9.34. The average Bonchev–Trinajstić information content (AvgIpc) is 3.71. The van der Waals surface area contributed by atoms with Gasteiger partial charge in [0, 0.05) is 74.4 Å². The Labute approximate surface area is 229 Å². The third kappa shape index (κ3) is 4.63. The van der Waals surface area contributed by atoms with Gasteiger partial charge in [-0.25, -0.2) is 4.98 Å². The highest BCUT2D eigenvalue weighted by Gasteiger charge is 2.15. The van der Waals surface area contributed by atoms with E-state index >= 15 is 0 Å². The molecular weight excluding hydrogens is 500 g/mol. The summed E-state index contributed by atoms with van der Waals surface area (Å²) in [6.45, 7) is 3.70. The van der Waals surface area contributed by atoms with Crippen LogP contribution in [0.5, 0.6) is 0 Å². The number of fused-ring (bicyclic) bond motifs is 2. The molecule has 0 aliphatic carbocycles. The predicted octanol–water partition coefficient (Wildman–Crippen LogP) is 7.49. The van der Waals surface area contributed by atoms with Gasteiger partial charge in [-0.1, -0.05) is 42.5 Å². The molecule has 0 saturated carbocycles. The van der Waals surface area contributed by atoms with Gasteiger partial charge in [-0.05, 0) is 54.4 Å². The Kier molecular flexibility index (Phi) is 6.00. The van der Waals surface area contributed by atoms with E-state index in [1.165, 1.54) is 26.3 Å². The largest absolute Gasteiger partial charge is 0.353 e. The van der Waals surface area contributed by atoms with Crippen LogP contribution in [0.15, 0.2) is 97.5 Å². The molecule has 7 rings (SSSR count). The molecular formula is C32H26N6S. The molecule has 3 N–H and O–H groups in total. The smallest absolute Gasteiger partial charge is 0.155 e. The zero-order valence-electron chi connectivity index (χ0n) is 21.4. The van der Waals surface area contributed by atoms with E-state index in [9.17, 15) is 0 Å². The van der Waals surface area contributed by atoms with Crippen LogP contribution in [-0.2, 0) is 13.1 Å². The molecule has 190 valence electrons. The minimum Gasteiger partial charge on any atom is -0.353 e. The van der Waals surface area contributed by atoms with Crippen LogP contribution in [0.25, 0.3) is 54.9 Å². The van der Waals surface area contributed by atoms with Crippen LogP contribution in [0.4, 0.5) is 0 Å². The van der Waals surface area contributed by atoms with Gasteiger partial charge in [-0.15, -0.1) is 11.3 Å². The molecule has 0 spiro atoms. The molecule has 0 aliphatic rings. The number of nitrogens with zero attached hydrogens (tertiary/aromatic N) is 3. The van der Waals surface area contributed by atoms with Gasteiger partial charge in [0.15, 0.2) is 5.65 Å². The average molecular weight is 527 g/mol. The van der Waals surface area contributed by atoms with E-state index in [4.69, 9.17) is 0 Å². The summed E-state index contributed by atoms with van der Waals surface area (Å²) in [6, 6.07) is 27.7. The fourth-order valence-corrected chi connectivity index (χ4v) is 5.94. The Morgan fingerprint density at radius 2 is 1.67 bits per heavy atom. The topological polar surface area (TPSA) is 82.3 Å². The number of benzene rings is 2. The molecule has 2 aromatic carbocycles. The maximum absolute atomic E-state index is 4.68. The molecule has 0 atom stereocenters. The molecule has 0 fully saturated rings.